The van der Waals surface area contributed by atoms with E-state index in [1.807, 2.05) is 31.2 Å². The summed E-state index contributed by atoms with van der Waals surface area (Å²) in [5.74, 6) is 1.78. The van der Waals surface area contributed by atoms with E-state index in [1.165, 1.54) is 16.2 Å². The molecule has 3 heterocycles. The van der Waals surface area contributed by atoms with Gasteiger partial charge in [0, 0.05) is 17.0 Å². The normalized spacial score (nSPS) is 11.0. The standard InChI is InChI=1S/C18H17N5OS3/c1-12-5-2-3-7-14(12)16-20-15(24-23-16)11-26-18-22-21-17(27-18)19-9-8-13-6-4-10-25-13/h2-7,10H,8-9,11H2,1H3,(H,19,21). The second kappa shape index (κ2) is 8.64. The molecule has 138 valence electrons. The number of thioether (sulfide) groups is 1. The van der Waals surface area contributed by atoms with Gasteiger partial charge in [-0.05, 0) is 30.4 Å². The van der Waals surface area contributed by atoms with E-state index in [1.54, 1.807) is 23.1 Å². The first-order chi connectivity index (χ1) is 13.3. The number of hydrogen-bond acceptors (Lipinski definition) is 9. The average molecular weight is 416 g/mol. The number of nitrogens with zero attached hydrogens (tertiary/aromatic N) is 4. The topological polar surface area (TPSA) is 76.7 Å². The van der Waals surface area contributed by atoms with Crippen molar-refractivity contribution in [3.63, 3.8) is 0 Å². The van der Waals surface area contributed by atoms with Gasteiger partial charge in [0.05, 0.1) is 5.75 Å². The molecule has 4 rings (SSSR count). The van der Waals surface area contributed by atoms with E-state index in [0.717, 1.165) is 33.6 Å². The number of rotatable bonds is 8. The summed E-state index contributed by atoms with van der Waals surface area (Å²) < 4.78 is 6.25. The summed E-state index contributed by atoms with van der Waals surface area (Å²) in [7, 11) is 0. The number of anilines is 1. The molecule has 0 bridgehead atoms. The summed E-state index contributed by atoms with van der Waals surface area (Å²) in [6.07, 6.45) is 0.989. The van der Waals surface area contributed by atoms with Crippen LogP contribution in [0.5, 0.6) is 0 Å². The quantitative estimate of drug-likeness (QED) is 0.410. The highest BCUT2D eigenvalue weighted by molar-refractivity contribution is 8.00. The van der Waals surface area contributed by atoms with E-state index in [4.69, 9.17) is 4.52 Å². The minimum absolute atomic E-state index is 0.572. The molecule has 0 amide bonds. The monoisotopic (exact) mass is 415 g/mol. The predicted molar refractivity (Wildman–Crippen MR) is 110 cm³/mol. The number of thiophene rings is 1. The van der Waals surface area contributed by atoms with Crippen LogP contribution in [0.25, 0.3) is 11.4 Å². The van der Waals surface area contributed by atoms with Gasteiger partial charge in [-0.1, -0.05) is 58.6 Å². The lowest BCUT2D eigenvalue weighted by molar-refractivity contribution is 0.391. The summed E-state index contributed by atoms with van der Waals surface area (Å²) in [4.78, 5) is 5.85. The van der Waals surface area contributed by atoms with E-state index in [-0.39, 0.29) is 0 Å². The smallest absolute Gasteiger partial charge is 0.237 e. The Kier molecular flexibility index (Phi) is 5.81. The number of aromatic nitrogens is 4. The molecule has 3 aromatic heterocycles. The maximum Gasteiger partial charge on any atom is 0.237 e. The fourth-order valence-corrected chi connectivity index (χ4v) is 4.78. The van der Waals surface area contributed by atoms with Gasteiger partial charge < -0.3 is 9.84 Å². The summed E-state index contributed by atoms with van der Waals surface area (Å²) in [6.45, 7) is 2.89. The fraction of sp³-hybridized carbons (Fsp3) is 0.222. The molecule has 0 saturated carbocycles. The van der Waals surface area contributed by atoms with Gasteiger partial charge in [-0.2, -0.15) is 4.98 Å². The van der Waals surface area contributed by atoms with Gasteiger partial charge in [-0.15, -0.1) is 21.5 Å². The van der Waals surface area contributed by atoms with E-state index < -0.39 is 0 Å². The third-order valence-corrected chi connectivity index (χ3v) is 6.74. The number of aryl methyl sites for hydroxylation is 1. The van der Waals surface area contributed by atoms with Crippen molar-refractivity contribution in [2.45, 2.75) is 23.4 Å². The molecule has 6 nitrogen and oxygen atoms in total. The summed E-state index contributed by atoms with van der Waals surface area (Å²) >= 11 is 4.86. The van der Waals surface area contributed by atoms with Crippen LogP contribution < -0.4 is 5.32 Å². The molecular formula is C18H17N5OS3. The van der Waals surface area contributed by atoms with Crippen LogP contribution in [-0.4, -0.2) is 26.9 Å². The molecular weight excluding hydrogens is 398 g/mol. The lowest BCUT2D eigenvalue weighted by Crippen LogP contribution is -2.03. The van der Waals surface area contributed by atoms with Gasteiger partial charge in [-0.25, -0.2) is 0 Å². The molecule has 0 unspecified atom stereocenters. The van der Waals surface area contributed by atoms with Crippen molar-refractivity contribution in [2.75, 3.05) is 11.9 Å². The second-order valence-corrected chi connectivity index (χ2v) is 8.98. The Hall–Kier alpha value is -2.23. The van der Waals surface area contributed by atoms with E-state index in [9.17, 15) is 0 Å². The fourth-order valence-electron chi connectivity index (χ4n) is 2.46. The van der Waals surface area contributed by atoms with Crippen LogP contribution in [0.2, 0.25) is 0 Å². The van der Waals surface area contributed by atoms with Crippen molar-refractivity contribution in [1.82, 2.24) is 20.3 Å². The van der Waals surface area contributed by atoms with Gasteiger partial charge >= 0.3 is 0 Å². The first-order valence-electron chi connectivity index (χ1n) is 8.39. The van der Waals surface area contributed by atoms with Crippen molar-refractivity contribution in [1.29, 1.82) is 0 Å². The largest absolute Gasteiger partial charge is 0.360 e. The van der Waals surface area contributed by atoms with Crippen molar-refractivity contribution in [3.8, 4) is 11.4 Å². The van der Waals surface area contributed by atoms with Crippen molar-refractivity contribution < 1.29 is 4.52 Å². The summed E-state index contributed by atoms with van der Waals surface area (Å²) in [5, 5.41) is 18.7. The zero-order valence-electron chi connectivity index (χ0n) is 14.6. The molecule has 0 aliphatic rings. The third kappa shape index (κ3) is 4.74. The van der Waals surface area contributed by atoms with Gasteiger partial charge in [0.25, 0.3) is 0 Å². The van der Waals surface area contributed by atoms with Crippen molar-refractivity contribution >= 4 is 39.6 Å². The lowest BCUT2D eigenvalue weighted by Gasteiger charge is -1.99. The SMILES string of the molecule is Cc1ccccc1-c1noc(CSc2nnc(NCCc3cccs3)s2)n1. The number of benzene rings is 1. The van der Waals surface area contributed by atoms with Crippen LogP contribution in [0, 0.1) is 6.92 Å². The average Bonchev–Trinajstić information content (AvgIpc) is 3.43. The van der Waals surface area contributed by atoms with Crippen LogP contribution in [0.4, 0.5) is 5.13 Å². The van der Waals surface area contributed by atoms with Crippen LogP contribution in [0.15, 0.2) is 50.6 Å². The Morgan fingerprint density at radius 3 is 2.93 bits per heavy atom. The first kappa shape index (κ1) is 18.1. The molecule has 0 saturated heterocycles. The predicted octanol–water partition coefficient (Wildman–Crippen LogP) is 4.90. The molecule has 0 aliphatic heterocycles. The van der Waals surface area contributed by atoms with Crippen molar-refractivity contribution in [3.05, 3.63) is 58.1 Å². The van der Waals surface area contributed by atoms with Crippen LogP contribution in [0.3, 0.4) is 0 Å². The minimum Gasteiger partial charge on any atom is -0.360 e. The summed E-state index contributed by atoms with van der Waals surface area (Å²) in [6, 6.07) is 12.2. The Labute approximate surface area is 169 Å². The molecule has 1 aromatic carbocycles. The van der Waals surface area contributed by atoms with Crippen molar-refractivity contribution in [2.24, 2.45) is 0 Å². The van der Waals surface area contributed by atoms with E-state index >= 15 is 0 Å². The zero-order chi connectivity index (χ0) is 18.5. The Balaban J connectivity index is 1.29. The Morgan fingerprint density at radius 2 is 2.07 bits per heavy atom. The minimum atomic E-state index is 0.572. The molecule has 27 heavy (non-hydrogen) atoms. The van der Waals surface area contributed by atoms with Gasteiger partial charge in [-0.3, -0.25) is 0 Å². The zero-order valence-corrected chi connectivity index (χ0v) is 17.0. The highest BCUT2D eigenvalue weighted by Gasteiger charge is 2.12. The first-order valence-corrected chi connectivity index (χ1v) is 11.1. The van der Waals surface area contributed by atoms with Gasteiger partial charge in [0.15, 0.2) is 4.34 Å². The highest BCUT2D eigenvalue weighted by Crippen LogP contribution is 2.29. The Morgan fingerprint density at radius 1 is 1.15 bits per heavy atom. The molecule has 0 atom stereocenters. The molecule has 1 N–H and O–H groups in total. The molecule has 0 radical (unpaired) electrons. The highest BCUT2D eigenvalue weighted by atomic mass is 32.2. The second-order valence-electron chi connectivity index (χ2n) is 5.74. The van der Waals surface area contributed by atoms with E-state index in [0.29, 0.717) is 17.5 Å². The van der Waals surface area contributed by atoms with Gasteiger partial charge in [0.2, 0.25) is 16.8 Å². The number of hydrogen-bond donors (Lipinski definition) is 1. The van der Waals surface area contributed by atoms with Crippen LogP contribution >= 0.6 is 34.4 Å². The lowest BCUT2D eigenvalue weighted by atomic mass is 10.1. The maximum atomic E-state index is 5.37. The van der Waals surface area contributed by atoms with E-state index in [2.05, 4.69) is 43.2 Å². The molecule has 0 fully saturated rings. The van der Waals surface area contributed by atoms with Gasteiger partial charge in [0.1, 0.15) is 0 Å². The van der Waals surface area contributed by atoms with Crippen LogP contribution in [-0.2, 0) is 12.2 Å². The molecule has 4 aromatic rings. The molecule has 9 heteroatoms. The van der Waals surface area contributed by atoms with Crippen LogP contribution in [0.1, 0.15) is 16.3 Å². The molecule has 0 spiro atoms. The number of nitrogens with one attached hydrogen (secondary N) is 1. The molecule has 0 aliphatic carbocycles. The maximum absolute atomic E-state index is 5.37. The third-order valence-electron chi connectivity index (χ3n) is 3.81. The Bertz CT molecular complexity index is 996. The summed E-state index contributed by atoms with van der Waals surface area (Å²) in [5.41, 5.74) is 2.12.